The molecular formula is C11H10ClN3O4S. The van der Waals surface area contributed by atoms with Gasteiger partial charge in [0.1, 0.15) is 4.90 Å². The summed E-state index contributed by atoms with van der Waals surface area (Å²) >= 11 is 5.87. The van der Waals surface area contributed by atoms with E-state index in [0.29, 0.717) is 0 Å². The lowest BCUT2D eigenvalue weighted by atomic mass is 10.3. The summed E-state index contributed by atoms with van der Waals surface area (Å²) in [7, 11) is -4.11. The van der Waals surface area contributed by atoms with Crippen molar-refractivity contribution in [3.05, 3.63) is 40.7 Å². The van der Waals surface area contributed by atoms with Gasteiger partial charge in [0.05, 0.1) is 16.4 Å². The van der Waals surface area contributed by atoms with Crippen molar-refractivity contribution in [1.82, 2.24) is 10.2 Å². The maximum Gasteiger partial charge on any atom is 0.357 e. The molecule has 0 aliphatic heterocycles. The molecule has 1 heterocycles. The lowest BCUT2D eigenvalue weighted by Crippen LogP contribution is -2.17. The highest BCUT2D eigenvalue weighted by atomic mass is 35.5. The van der Waals surface area contributed by atoms with Crippen LogP contribution in [0.15, 0.2) is 29.2 Å². The van der Waals surface area contributed by atoms with Crippen LogP contribution in [0, 0.1) is 6.92 Å². The highest BCUT2D eigenvalue weighted by Crippen LogP contribution is 2.26. The number of aromatic carboxylic acids is 1. The number of sulfonamides is 1. The molecule has 20 heavy (non-hydrogen) atoms. The number of nitrogens with zero attached hydrogens (tertiary/aromatic N) is 1. The van der Waals surface area contributed by atoms with Gasteiger partial charge in [-0.25, -0.2) is 13.2 Å². The third-order valence-electron chi connectivity index (χ3n) is 2.48. The van der Waals surface area contributed by atoms with Crippen LogP contribution in [0.25, 0.3) is 0 Å². The van der Waals surface area contributed by atoms with Crippen molar-refractivity contribution in [3.8, 4) is 0 Å². The molecular weight excluding hydrogens is 306 g/mol. The highest BCUT2D eigenvalue weighted by molar-refractivity contribution is 7.92. The molecule has 0 radical (unpaired) electrons. The fraction of sp³-hybridized carbons (Fsp3) is 0.0909. The molecule has 9 heteroatoms. The average Bonchev–Trinajstić information content (AvgIpc) is 2.75. The van der Waals surface area contributed by atoms with Gasteiger partial charge in [0.25, 0.3) is 10.0 Å². The number of aromatic nitrogens is 2. The molecule has 7 nitrogen and oxygen atoms in total. The zero-order valence-electron chi connectivity index (χ0n) is 10.2. The minimum atomic E-state index is -4.11. The number of halogens is 1. The van der Waals surface area contributed by atoms with Gasteiger partial charge in [0.2, 0.25) is 0 Å². The summed E-state index contributed by atoms with van der Waals surface area (Å²) in [5.41, 5.74) is -0.282. The Morgan fingerprint density at radius 1 is 1.40 bits per heavy atom. The zero-order valence-corrected chi connectivity index (χ0v) is 11.8. The molecule has 0 spiro atoms. The Hall–Kier alpha value is -2.06. The van der Waals surface area contributed by atoms with Gasteiger partial charge in [0, 0.05) is 0 Å². The first-order chi connectivity index (χ1) is 9.33. The lowest BCUT2D eigenvalue weighted by molar-refractivity contribution is 0.0686. The molecule has 0 saturated carbocycles. The van der Waals surface area contributed by atoms with Crippen LogP contribution in [0.2, 0.25) is 5.02 Å². The number of carbonyl (C=O) groups is 1. The molecule has 0 aliphatic carbocycles. The zero-order chi connectivity index (χ0) is 14.9. The Morgan fingerprint density at radius 3 is 2.65 bits per heavy atom. The predicted octanol–water partition coefficient (Wildman–Crippen LogP) is 1.87. The largest absolute Gasteiger partial charge is 0.476 e. The molecule has 2 rings (SSSR count). The topological polar surface area (TPSA) is 112 Å². The molecule has 0 fully saturated rings. The summed E-state index contributed by atoms with van der Waals surface area (Å²) in [6.07, 6.45) is 0. The maximum atomic E-state index is 12.3. The summed E-state index contributed by atoms with van der Waals surface area (Å²) in [6, 6.07) is 6.23. The molecule has 106 valence electrons. The SMILES string of the molecule is Cc1[nH]nc(C(=O)O)c1S(=O)(=O)Nc1ccccc1Cl. The van der Waals surface area contributed by atoms with Gasteiger partial charge in [-0.2, -0.15) is 5.10 Å². The second-order valence-corrected chi connectivity index (χ2v) is 5.94. The Labute approximate surface area is 119 Å². The first-order valence-corrected chi connectivity index (χ1v) is 7.24. The number of H-pyrrole nitrogens is 1. The quantitative estimate of drug-likeness (QED) is 0.797. The van der Waals surface area contributed by atoms with E-state index >= 15 is 0 Å². The van der Waals surface area contributed by atoms with E-state index in [9.17, 15) is 13.2 Å². The Morgan fingerprint density at radius 2 is 2.05 bits per heavy atom. The fourth-order valence-corrected chi connectivity index (χ4v) is 3.28. The number of benzene rings is 1. The minimum Gasteiger partial charge on any atom is -0.476 e. The van der Waals surface area contributed by atoms with Crippen LogP contribution in [0.1, 0.15) is 16.2 Å². The van der Waals surface area contributed by atoms with Crippen LogP contribution in [0.3, 0.4) is 0 Å². The first-order valence-electron chi connectivity index (χ1n) is 5.38. The normalized spacial score (nSPS) is 11.3. The van der Waals surface area contributed by atoms with Gasteiger partial charge in [-0.3, -0.25) is 9.82 Å². The Kier molecular flexibility index (Phi) is 3.69. The van der Waals surface area contributed by atoms with Crippen LogP contribution < -0.4 is 4.72 Å². The van der Waals surface area contributed by atoms with E-state index in [0.717, 1.165) is 0 Å². The van der Waals surface area contributed by atoms with Gasteiger partial charge in [-0.1, -0.05) is 23.7 Å². The van der Waals surface area contributed by atoms with Gasteiger partial charge < -0.3 is 5.11 Å². The van der Waals surface area contributed by atoms with Crippen molar-refractivity contribution in [1.29, 1.82) is 0 Å². The average molecular weight is 316 g/mol. The molecule has 2 aromatic rings. The number of aromatic amines is 1. The molecule has 0 bridgehead atoms. The summed E-state index contributed by atoms with van der Waals surface area (Å²) in [5.74, 6) is -1.44. The van der Waals surface area contributed by atoms with Crippen LogP contribution in [-0.4, -0.2) is 29.7 Å². The number of hydrogen-bond donors (Lipinski definition) is 3. The van der Waals surface area contributed by atoms with Crippen molar-refractivity contribution in [3.63, 3.8) is 0 Å². The number of para-hydroxylation sites is 1. The number of anilines is 1. The minimum absolute atomic E-state index is 0.127. The van der Waals surface area contributed by atoms with Crippen molar-refractivity contribution in [2.75, 3.05) is 4.72 Å². The third kappa shape index (κ3) is 2.61. The van der Waals surface area contributed by atoms with E-state index in [-0.39, 0.29) is 16.4 Å². The van der Waals surface area contributed by atoms with Crippen molar-refractivity contribution in [2.45, 2.75) is 11.8 Å². The van der Waals surface area contributed by atoms with Crippen LogP contribution in [0.4, 0.5) is 5.69 Å². The molecule has 0 atom stereocenters. The lowest BCUT2D eigenvalue weighted by Gasteiger charge is -2.09. The number of rotatable bonds is 4. The van der Waals surface area contributed by atoms with E-state index in [1.807, 2.05) is 0 Å². The number of carboxylic acid groups (broad SMARTS) is 1. The number of hydrogen-bond acceptors (Lipinski definition) is 4. The molecule has 0 saturated heterocycles. The van der Waals surface area contributed by atoms with E-state index in [1.165, 1.54) is 19.1 Å². The van der Waals surface area contributed by atoms with Crippen molar-refractivity contribution in [2.24, 2.45) is 0 Å². The van der Waals surface area contributed by atoms with Crippen molar-refractivity contribution < 1.29 is 18.3 Å². The van der Waals surface area contributed by atoms with E-state index in [4.69, 9.17) is 16.7 Å². The number of carboxylic acids is 1. The Bertz CT molecular complexity index is 770. The summed E-state index contributed by atoms with van der Waals surface area (Å²) in [5, 5.41) is 15.0. The molecule has 0 aliphatic rings. The molecule has 0 amide bonds. The molecule has 1 aromatic heterocycles. The second-order valence-electron chi connectivity index (χ2n) is 3.92. The second kappa shape index (κ2) is 5.14. The summed E-state index contributed by atoms with van der Waals surface area (Å²) < 4.78 is 26.8. The van der Waals surface area contributed by atoms with Crippen LogP contribution in [-0.2, 0) is 10.0 Å². The van der Waals surface area contributed by atoms with Crippen molar-refractivity contribution >= 4 is 33.3 Å². The van der Waals surface area contributed by atoms with E-state index in [2.05, 4.69) is 14.9 Å². The highest BCUT2D eigenvalue weighted by Gasteiger charge is 2.28. The third-order valence-corrected chi connectivity index (χ3v) is 4.34. The number of nitrogens with one attached hydrogen (secondary N) is 2. The summed E-state index contributed by atoms with van der Waals surface area (Å²) in [6.45, 7) is 1.42. The number of aryl methyl sites for hydroxylation is 1. The maximum absolute atomic E-state index is 12.3. The Balaban J connectivity index is 2.49. The predicted molar refractivity (Wildman–Crippen MR) is 72.5 cm³/mol. The fourth-order valence-electron chi connectivity index (χ4n) is 1.63. The first kappa shape index (κ1) is 14.4. The van der Waals surface area contributed by atoms with Gasteiger partial charge >= 0.3 is 5.97 Å². The van der Waals surface area contributed by atoms with Gasteiger partial charge in [0.15, 0.2) is 5.69 Å². The summed E-state index contributed by atoms with van der Waals surface area (Å²) in [4.78, 5) is 10.6. The molecule has 0 unspecified atom stereocenters. The smallest absolute Gasteiger partial charge is 0.357 e. The standard InChI is InChI=1S/C11H10ClN3O4S/c1-6-10(9(11(16)17)14-13-6)20(18,19)15-8-5-3-2-4-7(8)12/h2-5,15H,1H3,(H,13,14)(H,16,17). The molecule has 1 aromatic carbocycles. The van der Waals surface area contributed by atoms with E-state index in [1.54, 1.807) is 12.1 Å². The van der Waals surface area contributed by atoms with Gasteiger partial charge in [-0.15, -0.1) is 0 Å². The monoisotopic (exact) mass is 315 g/mol. The van der Waals surface area contributed by atoms with E-state index < -0.39 is 26.6 Å². The molecule has 3 N–H and O–H groups in total. The van der Waals surface area contributed by atoms with Crippen LogP contribution >= 0.6 is 11.6 Å². The van der Waals surface area contributed by atoms with Crippen LogP contribution in [0.5, 0.6) is 0 Å². The van der Waals surface area contributed by atoms with Gasteiger partial charge in [-0.05, 0) is 19.1 Å².